The van der Waals surface area contributed by atoms with E-state index in [1.165, 1.54) is 44.7 Å². The topological polar surface area (TPSA) is 32.9 Å². The highest BCUT2D eigenvalue weighted by Gasteiger charge is 2.18. The molecule has 1 aromatic rings. The lowest BCUT2D eigenvalue weighted by atomic mass is 10.2. The molecule has 4 N–H and O–H groups in total. The van der Waals surface area contributed by atoms with Crippen molar-refractivity contribution in [3.8, 4) is 0 Å². The summed E-state index contributed by atoms with van der Waals surface area (Å²) >= 11 is 5.35. The summed E-state index contributed by atoms with van der Waals surface area (Å²) in [6, 6.07) is 8.21. The minimum absolute atomic E-state index is 0.724. The molecule has 4 nitrogen and oxygen atoms in total. The summed E-state index contributed by atoms with van der Waals surface area (Å²) in [6.45, 7) is 9.49. The van der Waals surface area contributed by atoms with Gasteiger partial charge in [-0.2, -0.15) is 0 Å². The molecule has 1 aromatic carbocycles. The average molecular weight is 308 g/mol. The monoisotopic (exact) mass is 308 g/mol. The van der Waals surface area contributed by atoms with E-state index in [1.807, 2.05) is 12.1 Å². The van der Waals surface area contributed by atoms with Crippen LogP contribution in [0.5, 0.6) is 0 Å². The van der Waals surface area contributed by atoms with Crippen LogP contribution in [0.3, 0.4) is 0 Å². The molecule has 0 aromatic heterocycles. The Morgan fingerprint density at radius 2 is 1.90 bits per heavy atom. The Balaban J connectivity index is 1.60. The van der Waals surface area contributed by atoms with Crippen molar-refractivity contribution in [2.75, 3.05) is 51.6 Å². The van der Waals surface area contributed by atoms with E-state index in [1.54, 1.807) is 9.80 Å². The van der Waals surface area contributed by atoms with Gasteiger partial charge in [0.05, 0.1) is 13.6 Å². The summed E-state index contributed by atoms with van der Waals surface area (Å²) in [7, 11) is 2.29. The average Bonchev–Trinajstić information content (AvgIpc) is 2.48. The molecule has 0 unspecified atom stereocenters. The van der Waals surface area contributed by atoms with Crippen molar-refractivity contribution >= 4 is 23.0 Å². The van der Waals surface area contributed by atoms with Crippen LogP contribution in [0.2, 0.25) is 0 Å². The van der Waals surface area contributed by atoms with Crippen LogP contribution in [0.1, 0.15) is 12.0 Å². The Kier molecular flexibility index (Phi) is 6.42. The Bertz CT molecular complexity index is 455. The van der Waals surface area contributed by atoms with Crippen molar-refractivity contribution in [3.63, 3.8) is 0 Å². The molecule has 21 heavy (non-hydrogen) atoms. The number of nitrogens with one attached hydrogen (secondary N) is 4. The van der Waals surface area contributed by atoms with E-state index in [2.05, 4.69) is 36.7 Å². The molecular weight excluding hydrogens is 280 g/mol. The van der Waals surface area contributed by atoms with Crippen LogP contribution >= 0.6 is 12.2 Å². The number of anilines is 1. The first-order valence-electron chi connectivity index (χ1n) is 7.90. The van der Waals surface area contributed by atoms with E-state index in [-0.39, 0.29) is 0 Å². The SMILES string of the molecule is Cc1ccccc1NC(=S)NCCC[NH+]1CC[NH+](C)CC1. The van der Waals surface area contributed by atoms with Gasteiger partial charge in [0.1, 0.15) is 26.2 Å². The minimum atomic E-state index is 0.724. The highest BCUT2D eigenvalue weighted by atomic mass is 32.1. The standard InChI is InChI=1S/C16H26N4S/c1-14-6-3-4-7-15(14)18-16(21)17-8-5-9-20-12-10-19(2)11-13-20/h3-4,6-7H,5,8-13H2,1-2H3,(H2,17,18,21)/p+2. The minimum Gasteiger partial charge on any atom is -0.362 e. The van der Waals surface area contributed by atoms with Crippen LogP contribution in [-0.4, -0.2) is 51.4 Å². The van der Waals surface area contributed by atoms with E-state index in [0.29, 0.717) is 0 Å². The molecule has 0 bridgehead atoms. The highest BCUT2D eigenvalue weighted by Crippen LogP contribution is 2.12. The fourth-order valence-corrected chi connectivity index (χ4v) is 2.91. The first kappa shape index (κ1) is 16.2. The van der Waals surface area contributed by atoms with Gasteiger partial charge in [0, 0.05) is 18.7 Å². The second-order valence-electron chi connectivity index (χ2n) is 6.01. The quantitative estimate of drug-likeness (QED) is 0.420. The number of para-hydroxylation sites is 1. The molecule has 1 heterocycles. The normalized spacial score (nSPS) is 21.8. The predicted molar refractivity (Wildman–Crippen MR) is 92.2 cm³/mol. The Morgan fingerprint density at radius 1 is 1.19 bits per heavy atom. The van der Waals surface area contributed by atoms with E-state index in [4.69, 9.17) is 12.2 Å². The van der Waals surface area contributed by atoms with Gasteiger partial charge >= 0.3 is 0 Å². The maximum atomic E-state index is 5.35. The zero-order chi connectivity index (χ0) is 15.1. The molecule has 0 amide bonds. The molecule has 1 aliphatic heterocycles. The van der Waals surface area contributed by atoms with Crippen molar-refractivity contribution in [1.29, 1.82) is 0 Å². The lowest BCUT2D eigenvalue weighted by molar-refractivity contribution is -1.00. The third-order valence-corrected chi connectivity index (χ3v) is 4.44. The molecule has 0 radical (unpaired) electrons. The number of rotatable bonds is 5. The van der Waals surface area contributed by atoms with Crippen molar-refractivity contribution in [2.45, 2.75) is 13.3 Å². The number of hydrogen-bond acceptors (Lipinski definition) is 1. The van der Waals surface area contributed by atoms with Gasteiger partial charge < -0.3 is 20.4 Å². The maximum Gasteiger partial charge on any atom is 0.170 e. The summed E-state index contributed by atoms with van der Waals surface area (Å²) in [5.41, 5.74) is 2.30. The number of quaternary nitrogens is 2. The molecule has 0 atom stereocenters. The number of piperazine rings is 1. The van der Waals surface area contributed by atoms with Gasteiger partial charge in [-0.1, -0.05) is 18.2 Å². The number of likely N-dealkylation sites (N-methyl/N-ethyl adjacent to an activating group) is 1. The molecule has 0 saturated carbocycles. The van der Waals surface area contributed by atoms with Crippen LogP contribution in [-0.2, 0) is 0 Å². The van der Waals surface area contributed by atoms with E-state index in [0.717, 1.165) is 17.3 Å². The number of thiocarbonyl (C=S) groups is 1. The van der Waals surface area contributed by atoms with E-state index >= 15 is 0 Å². The summed E-state index contributed by atoms with van der Waals surface area (Å²) in [5, 5.41) is 7.30. The Labute approximate surface area is 133 Å². The Hall–Kier alpha value is -1.17. The van der Waals surface area contributed by atoms with Crippen molar-refractivity contribution < 1.29 is 9.80 Å². The highest BCUT2D eigenvalue weighted by molar-refractivity contribution is 7.80. The smallest absolute Gasteiger partial charge is 0.170 e. The second kappa shape index (κ2) is 8.32. The summed E-state index contributed by atoms with van der Waals surface area (Å²) in [4.78, 5) is 3.40. The van der Waals surface area contributed by atoms with Gasteiger partial charge in [0.15, 0.2) is 5.11 Å². The lowest BCUT2D eigenvalue weighted by Gasteiger charge is -2.27. The van der Waals surface area contributed by atoms with Crippen LogP contribution in [0, 0.1) is 6.92 Å². The third kappa shape index (κ3) is 5.61. The summed E-state index contributed by atoms with van der Waals surface area (Å²) < 4.78 is 0. The van der Waals surface area contributed by atoms with Crippen molar-refractivity contribution in [1.82, 2.24) is 5.32 Å². The molecule has 1 saturated heterocycles. The lowest BCUT2D eigenvalue weighted by Crippen LogP contribution is -3.27. The van der Waals surface area contributed by atoms with Gasteiger partial charge in [0.2, 0.25) is 0 Å². The first-order chi connectivity index (χ1) is 10.1. The molecule has 0 spiro atoms. The fraction of sp³-hybridized carbons (Fsp3) is 0.562. The predicted octanol–water partition coefficient (Wildman–Crippen LogP) is -0.915. The molecule has 5 heteroatoms. The first-order valence-corrected chi connectivity index (χ1v) is 8.31. The zero-order valence-corrected chi connectivity index (χ0v) is 14.0. The third-order valence-electron chi connectivity index (χ3n) is 4.20. The molecule has 116 valence electrons. The number of benzene rings is 1. The molecule has 0 aliphatic carbocycles. The summed E-state index contributed by atoms with van der Waals surface area (Å²) in [5.74, 6) is 0. The van der Waals surface area contributed by atoms with E-state index < -0.39 is 0 Å². The van der Waals surface area contributed by atoms with Crippen LogP contribution in [0.25, 0.3) is 0 Å². The van der Waals surface area contributed by atoms with E-state index in [9.17, 15) is 0 Å². The van der Waals surface area contributed by atoms with Crippen molar-refractivity contribution in [3.05, 3.63) is 29.8 Å². The molecule has 1 fully saturated rings. The summed E-state index contributed by atoms with van der Waals surface area (Å²) in [6.07, 6.45) is 1.17. The van der Waals surface area contributed by atoms with Crippen molar-refractivity contribution in [2.24, 2.45) is 0 Å². The van der Waals surface area contributed by atoms with Crippen LogP contribution < -0.4 is 20.4 Å². The van der Waals surface area contributed by atoms with Crippen LogP contribution in [0.4, 0.5) is 5.69 Å². The van der Waals surface area contributed by atoms with Gasteiger partial charge in [-0.05, 0) is 30.8 Å². The second-order valence-corrected chi connectivity index (χ2v) is 6.41. The number of hydrogen-bond donors (Lipinski definition) is 4. The van der Waals surface area contributed by atoms with Gasteiger partial charge in [-0.3, -0.25) is 0 Å². The molecule has 1 aliphatic rings. The van der Waals surface area contributed by atoms with Gasteiger partial charge in [-0.15, -0.1) is 0 Å². The van der Waals surface area contributed by atoms with Gasteiger partial charge in [-0.25, -0.2) is 0 Å². The molecular formula is C16H28N4S+2. The van der Waals surface area contributed by atoms with Gasteiger partial charge in [0.25, 0.3) is 0 Å². The zero-order valence-electron chi connectivity index (χ0n) is 13.2. The largest absolute Gasteiger partial charge is 0.362 e. The molecule has 2 rings (SSSR count). The maximum absolute atomic E-state index is 5.35. The van der Waals surface area contributed by atoms with Crippen LogP contribution in [0.15, 0.2) is 24.3 Å². The number of aryl methyl sites for hydroxylation is 1. The Morgan fingerprint density at radius 3 is 2.62 bits per heavy atom. The fourth-order valence-electron chi connectivity index (χ4n) is 2.70.